The minimum Gasteiger partial charge on any atom is -0.507 e. The van der Waals surface area contributed by atoms with Gasteiger partial charge in [-0.3, -0.25) is 4.79 Å². The number of nitrogens with one attached hydrogen (secondary N) is 1. The topological polar surface area (TPSA) is 61.8 Å². The number of allylic oxidation sites excluding steroid dienone is 2. The number of benzene rings is 1. The molecule has 2 aliphatic heterocycles. The summed E-state index contributed by atoms with van der Waals surface area (Å²) in [6, 6.07) is 5.64. The van der Waals surface area contributed by atoms with Crippen LogP contribution in [0.5, 0.6) is 11.5 Å². The Morgan fingerprint density at radius 2 is 2.38 bits per heavy atom. The predicted molar refractivity (Wildman–Crippen MR) is 94.3 cm³/mol. The number of carbonyl (C=O) groups is 1. The Bertz CT molecular complexity index is 660. The van der Waals surface area contributed by atoms with Gasteiger partial charge in [-0.1, -0.05) is 18.2 Å². The Labute approximate surface area is 144 Å². The lowest BCUT2D eigenvalue weighted by atomic mass is 10.2. The van der Waals surface area contributed by atoms with Crippen molar-refractivity contribution in [3.63, 3.8) is 0 Å². The van der Waals surface area contributed by atoms with Crippen LogP contribution < -0.4 is 10.1 Å². The molecule has 0 bridgehead atoms. The monoisotopic (exact) mass is 342 g/mol. The van der Waals surface area contributed by atoms with Crippen molar-refractivity contribution in [1.29, 1.82) is 0 Å². The summed E-state index contributed by atoms with van der Waals surface area (Å²) in [5, 5.41) is 14.4. The number of phenols is 1. The van der Waals surface area contributed by atoms with Crippen LogP contribution in [0.2, 0.25) is 0 Å². The number of carbonyl (C=O) groups excluding carboxylic acids is 1. The molecule has 2 heterocycles. The summed E-state index contributed by atoms with van der Waals surface area (Å²) in [6.07, 6.45) is 9.34. The molecule has 0 saturated carbocycles. The second-order valence-electron chi connectivity index (χ2n) is 6.13. The zero-order chi connectivity index (χ0) is 16.9. The molecule has 2 radical (unpaired) electrons. The van der Waals surface area contributed by atoms with E-state index in [0.29, 0.717) is 40.4 Å². The molecule has 1 saturated heterocycles. The average Bonchev–Trinajstić information content (AvgIpc) is 3.02. The Balaban J connectivity index is 1.60. The second-order valence-corrected chi connectivity index (χ2v) is 7.51. The number of aldehydes is 1. The number of rotatable bonds is 6. The van der Waals surface area contributed by atoms with E-state index in [9.17, 15) is 9.90 Å². The highest BCUT2D eigenvalue weighted by Crippen LogP contribution is 2.27. The van der Waals surface area contributed by atoms with Crippen LogP contribution in [-0.2, 0) is 0 Å². The molecule has 0 unspecified atom stereocenters. The molecule has 2 N–H and O–H groups in total. The second kappa shape index (κ2) is 7.68. The van der Waals surface area contributed by atoms with Gasteiger partial charge in [-0.25, -0.2) is 0 Å². The number of hydrogen-bond acceptors (Lipinski definition) is 5. The number of hydrogen-bond donors (Lipinski definition) is 2. The van der Waals surface area contributed by atoms with Crippen LogP contribution in [0.25, 0.3) is 0 Å². The zero-order valence-corrected chi connectivity index (χ0v) is 14.7. The molecule has 0 aliphatic carbocycles. The van der Waals surface area contributed by atoms with Gasteiger partial charge in [-0.05, 0) is 49.8 Å². The fraction of sp³-hybridized carbons (Fsp3) is 0.389. The minimum absolute atomic E-state index is 0.0367. The van der Waals surface area contributed by atoms with Crippen molar-refractivity contribution in [2.75, 3.05) is 13.2 Å². The molecule has 6 heteroatoms. The first-order valence-electron chi connectivity index (χ1n) is 8.25. The molecule has 0 spiro atoms. The molecule has 0 amide bonds. The van der Waals surface area contributed by atoms with Gasteiger partial charge in [0.1, 0.15) is 18.1 Å². The Kier molecular flexibility index (Phi) is 5.37. The maximum Gasteiger partial charge on any atom is 0.184 e. The van der Waals surface area contributed by atoms with Gasteiger partial charge in [0.05, 0.1) is 5.56 Å². The SMILES string of the molecule is C[C@@H]1C=CC([Si]N2CCC[C@H]2COc2cccc(O)c2C=O)=CN1. The summed E-state index contributed by atoms with van der Waals surface area (Å²) in [6.45, 7) is 3.71. The summed E-state index contributed by atoms with van der Waals surface area (Å²) in [7, 11) is 0.614. The van der Waals surface area contributed by atoms with E-state index in [2.05, 4.69) is 35.2 Å². The standard InChI is InChI=1S/C18H22N2O3Si/c1-13-7-8-15(10-19-13)24-20-9-3-4-14(20)12-23-18-6-2-5-17(22)16(18)11-21/h2,5-8,10-11,13-14,19,22H,3-4,9,12H2,1H3/t13-,14+/m1/s1. The molecule has 2 atom stereocenters. The lowest BCUT2D eigenvalue weighted by molar-refractivity contribution is 0.111. The fourth-order valence-corrected chi connectivity index (χ4v) is 4.23. The average molecular weight is 342 g/mol. The molecule has 3 rings (SSSR count). The van der Waals surface area contributed by atoms with E-state index >= 15 is 0 Å². The maximum absolute atomic E-state index is 11.1. The van der Waals surface area contributed by atoms with E-state index in [1.807, 2.05) is 0 Å². The largest absolute Gasteiger partial charge is 0.507 e. The number of dihydropyridines is 1. The fourth-order valence-electron chi connectivity index (χ4n) is 2.93. The first-order chi connectivity index (χ1) is 11.7. The normalized spacial score (nSPS) is 23.6. The summed E-state index contributed by atoms with van der Waals surface area (Å²) in [5.74, 6) is 0.415. The lowest BCUT2D eigenvalue weighted by Crippen LogP contribution is -2.38. The van der Waals surface area contributed by atoms with E-state index in [4.69, 9.17) is 4.74 Å². The van der Waals surface area contributed by atoms with Gasteiger partial charge in [0, 0.05) is 12.1 Å². The number of phenolic OH excluding ortho intramolecular Hbond substituents is 1. The van der Waals surface area contributed by atoms with Crippen molar-refractivity contribution >= 4 is 16.0 Å². The summed E-state index contributed by atoms with van der Waals surface area (Å²) in [5.41, 5.74) is 0.223. The van der Waals surface area contributed by atoms with Gasteiger partial charge in [-0.2, -0.15) is 0 Å². The van der Waals surface area contributed by atoms with E-state index in [-0.39, 0.29) is 11.3 Å². The molecule has 1 aromatic rings. The number of ether oxygens (including phenoxy) is 1. The predicted octanol–water partition coefficient (Wildman–Crippen LogP) is 2.06. The highest BCUT2D eigenvalue weighted by molar-refractivity contribution is 6.43. The van der Waals surface area contributed by atoms with Gasteiger partial charge in [0.25, 0.3) is 0 Å². The molecule has 1 aromatic carbocycles. The van der Waals surface area contributed by atoms with Crippen LogP contribution in [-0.4, -0.2) is 50.9 Å². The first-order valence-corrected chi connectivity index (χ1v) is 9.20. The molecule has 0 aromatic heterocycles. The minimum atomic E-state index is -0.0367. The van der Waals surface area contributed by atoms with Crippen molar-refractivity contribution in [2.24, 2.45) is 0 Å². The van der Waals surface area contributed by atoms with Crippen molar-refractivity contribution in [3.8, 4) is 11.5 Å². The first kappa shape index (κ1) is 16.8. The van der Waals surface area contributed by atoms with Crippen molar-refractivity contribution in [1.82, 2.24) is 9.88 Å². The molecule has 24 heavy (non-hydrogen) atoms. The van der Waals surface area contributed by atoms with Crippen molar-refractivity contribution in [3.05, 3.63) is 47.3 Å². The van der Waals surface area contributed by atoms with Crippen LogP contribution in [0.4, 0.5) is 0 Å². The third-order valence-electron chi connectivity index (χ3n) is 4.31. The van der Waals surface area contributed by atoms with Crippen LogP contribution in [0.1, 0.15) is 30.1 Å². The Morgan fingerprint density at radius 3 is 3.12 bits per heavy atom. The van der Waals surface area contributed by atoms with Crippen LogP contribution in [0, 0.1) is 0 Å². The van der Waals surface area contributed by atoms with Gasteiger partial charge < -0.3 is 19.7 Å². The molecule has 5 nitrogen and oxygen atoms in total. The Morgan fingerprint density at radius 1 is 1.50 bits per heavy atom. The highest BCUT2D eigenvalue weighted by atomic mass is 28.2. The van der Waals surface area contributed by atoms with Gasteiger partial charge in [0.15, 0.2) is 16.0 Å². The van der Waals surface area contributed by atoms with E-state index in [1.54, 1.807) is 12.1 Å². The number of aromatic hydroxyl groups is 1. The third-order valence-corrected chi connectivity index (χ3v) is 5.75. The Hall–Kier alpha value is -2.05. The third kappa shape index (κ3) is 3.88. The van der Waals surface area contributed by atoms with Crippen LogP contribution in [0.15, 0.2) is 41.7 Å². The van der Waals surface area contributed by atoms with Crippen LogP contribution >= 0.6 is 0 Å². The zero-order valence-electron chi connectivity index (χ0n) is 13.7. The van der Waals surface area contributed by atoms with Gasteiger partial charge in [0.2, 0.25) is 0 Å². The van der Waals surface area contributed by atoms with Gasteiger partial charge in [-0.15, -0.1) is 0 Å². The van der Waals surface area contributed by atoms with E-state index in [0.717, 1.165) is 19.4 Å². The smallest absolute Gasteiger partial charge is 0.184 e. The van der Waals surface area contributed by atoms with E-state index < -0.39 is 0 Å². The molecule has 1 fully saturated rings. The van der Waals surface area contributed by atoms with Crippen molar-refractivity contribution in [2.45, 2.75) is 31.8 Å². The van der Waals surface area contributed by atoms with E-state index in [1.165, 1.54) is 11.3 Å². The molecular weight excluding hydrogens is 320 g/mol. The van der Waals surface area contributed by atoms with Crippen molar-refractivity contribution < 1.29 is 14.6 Å². The highest BCUT2D eigenvalue weighted by Gasteiger charge is 2.26. The number of nitrogens with zero attached hydrogens (tertiary/aromatic N) is 1. The molecule has 2 aliphatic rings. The molecular formula is C18H22N2O3Si. The summed E-state index contributed by atoms with van der Waals surface area (Å²) >= 11 is 0. The van der Waals surface area contributed by atoms with Crippen LogP contribution in [0.3, 0.4) is 0 Å². The quantitative estimate of drug-likeness (QED) is 0.612. The summed E-state index contributed by atoms with van der Waals surface area (Å²) in [4.78, 5) is 11.1. The van der Waals surface area contributed by atoms with Gasteiger partial charge >= 0.3 is 0 Å². The summed E-state index contributed by atoms with van der Waals surface area (Å²) < 4.78 is 8.29. The molecule has 126 valence electrons. The lowest BCUT2D eigenvalue weighted by Gasteiger charge is -2.25. The maximum atomic E-state index is 11.1.